The molecular weight excluding hydrogens is 228 g/mol. The second-order valence-corrected chi connectivity index (χ2v) is 4.68. The van der Waals surface area contributed by atoms with Crippen LogP contribution in [0.15, 0.2) is 24.3 Å². The second kappa shape index (κ2) is 6.40. The molecule has 4 nitrogen and oxygen atoms in total. The molecule has 0 bridgehead atoms. The van der Waals surface area contributed by atoms with Gasteiger partial charge in [-0.15, -0.1) is 0 Å². The molecule has 0 atom stereocenters. The van der Waals surface area contributed by atoms with Gasteiger partial charge in [-0.25, -0.2) is 0 Å². The van der Waals surface area contributed by atoms with Crippen LogP contribution in [0.2, 0.25) is 0 Å². The van der Waals surface area contributed by atoms with E-state index in [0.717, 1.165) is 24.0 Å². The molecular formula is C14H20N2O2. The van der Waals surface area contributed by atoms with Crippen LogP contribution >= 0.6 is 0 Å². The Bertz CT molecular complexity index is 385. The van der Waals surface area contributed by atoms with Crippen molar-refractivity contribution in [2.75, 3.05) is 25.5 Å². The maximum absolute atomic E-state index is 11.5. The smallest absolute Gasteiger partial charge is 0.225 e. The van der Waals surface area contributed by atoms with Crippen LogP contribution in [0.5, 0.6) is 5.75 Å². The van der Waals surface area contributed by atoms with Crippen LogP contribution in [-0.4, -0.2) is 26.1 Å². The fourth-order valence-electron chi connectivity index (χ4n) is 1.60. The lowest BCUT2D eigenvalue weighted by molar-refractivity contribution is -0.116. The molecule has 0 aromatic heterocycles. The van der Waals surface area contributed by atoms with E-state index in [1.807, 2.05) is 31.3 Å². The van der Waals surface area contributed by atoms with Gasteiger partial charge in [0.05, 0.1) is 6.61 Å². The van der Waals surface area contributed by atoms with E-state index in [-0.39, 0.29) is 5.91 Å². The predicted molar refractivity (Wildman–Crippen MR) is 71.8 cm³/mol. The third kappa shape index (κ3) is 4.37. The summed E-state index contributed by atoms with van der Waals surface area (Å²) in [5, 5.41) is 5.79. The monoisotopic (exact) mass is 248 g/mol. The molecule has 1 fully saturated rings. The Morgan fingerprint density at radius 3 is 2.67 bits per heavy atom. The first-order chi connectivity index (χ1) is 8.78. The first-order valence-corrected chi connectivity index (χ1v) is 6.45. The van der Waals surface area contributed by atoms with Gasteiger partial charge in [0.25, 0.3) is 0 Å². The lowest BCUT2D eigenvalue weighted by Gasteiger charge is -2.07. The fraction of sp³-hybridized carbons (Fsp3) is 0.500. The zero-order valence-corrected chi connectivity index (χ0v) is 10.7. The number of carbonyl (C=O) groups is 1. The quantitative estimate of drug-likeness (QED) is 0.776. The zero-order chi connectivity index (χ0) is 12.8. The van der Waals surface area contributed by atoms with Gasteiger partial charge in [0.15, 0.2) is 0 Å². The predicted octanol–water partition coefficient (Wildman–Crippen LogP) is 2.02. The van der Waals surface area contributed by atoms with E-state index in [1.54, 1.807) is 0 Å². The normalized spacial score (nSPS) is 14.3. The number of carbonyl (C=O) groups excluding carboxylic acids is 1. The summed E-state index contributed by atoms with van der Waals surface area (Å²) in [6, 6.07) is 7.55. The molecule has 1 aromatic carbocycles. The molecule has 2 N–H and O–H groups in total. The Hall–Kier alpha value is -1.55. The minimum atomic E-state index is 0.0241. The van der Waals surface area contributed by atoms with Crippen LogP contribution < -0.4 is 15.4 Å². The maximum atomic E-state index is 11.5. The molecule has 2 rings (SSSR count). The van der Waals surface area contributed by atoms with Crippen molar-refractivity contribution in [3.63, 3.8) is 0 Å². The van der Waals surface area contributed by atoms with E-state index in [9.17, 15) is 4.79 Å². The van der Waals surface area contributed by atoms with Gasteiger partial charge in [-0.05, 0) is 50.1 Å². The highest BCUT2D eigenvalue weighted by Crippen LogP contribution is 2.29. The molecule has 0 radical (unpaired) electrons. The summed E-state index contributed by atoms with van der Waals surface area (Å²) in [7, 11) is 1.83. The number of ether oxygens (including phenoxy) is 1. The third-order valence-corrected chi connectivity index (χ3v) is 2.92. The summed E-state index contributed by atoms with van der Waals surface area (Å²) in [5.41, 5.74) is 0.815. The molecule has 98 valence electrons. The molecule has 1 saturated carbocycles. The molecule has 1 aliphatic rings. The van der Waals surface area contributed by atoms with E-state index >= 15 is 0 Å². The van der Waals surface area contributed by atoms with Gasteiger partial charge in [-0.3, -0.25) is 4.79 Å². The molecule has 1 aromatic rings. The Labute approximate surface area is 108 Å². The lowest BCUT2D eigenvalue weighted by atomic mass is 10.3. The standard InChI is InChI=1S/C14H20N2O2/c1-15-9-8-14(17)16-12-4-6-13(7-5-12)18-10-11-2-3-11/h4-7,11,15H,2-3,8-10H2,1H3,(H,16,17). The molecule has 0 saturated heterocycles. The van der Waals surface area contributed by atoms with Crippen molar-refractivity contribution in [3.05, 3.63) is 24.3 Å². The van der Waals surface area contributed by atoms with E-state index in [0.29, 0.717) is 13.0 Å². The van der Waals surface area contributed by atoms with Crippen molar-refractivity contribution in [3.8, 4) is 5.75 Å². The molecule has 0 aliphatic heterocycles. The highest BCUT2D eigenvalue weighted by molar-refractivity contribution is 5.90. The zero-order valence-electron chi connectivity index (χ0n) is 10.7. The molecule has 18 heavy (non-hydrogen) atoms. The first kappa shape index (κ1) is 12.9. The number of hydrogen-bond donors (Lipinski definition) is 2. The molecule has 0 spiro atoms. The van der Waals surface area contributed by atoms with Gasteiger partial charge in [0.1, 0.15) is 5.75 Å². The molecule has 1 amide bonds. The Kier molecular flexibility index (Phi) is 4.59. The summed E-state index contributed by atoms with van der Waals surface area (Å²) in [6.07, 6.45) is 3.07. The van der Waals surface area contributed by atoms with Crippen molar-refractivity contribution < 1.29 is 9.53 Å². The van der Waals surface area contributed by atoms with Crippen LogP contribution in [0, 0.1) is 5.92 Å². The van der Waals surface area contributed by atoms with Gasteiger partial charge in [0, 0.05) is 18.7 Å². The third-order valence-electron chi connectivity index (χ3n) is 2.92. The molecule has 4 heteroatoms. The van der Waals surface area contributed by atoms with Gasteiger partial charge < -0.3 is 15.4 Å². The van der Waals surface area contributed by atoms with Gasteiger partial charge in [-0.2, -0.15) is 0 Å². The van der Waals surface area contributed by atoms with Gasteiger partial charge in [0.2, 0.25) is 5.91 Å². The molecule has 1 aliphatic carbocycles. The van der Waals surface area contributed by atoms with E-state index in [4.69, 9.17) is 4.74 Å². The molecule has 0 heterocycles. The Morgan fingerprint density at radius 2 is 2.06 bits per heavy atom. The largest absolute Gasteiger partial charge is 0.493 e. The number of amides is 1. The van der Waals surface area contributed by atoms with Crippen molar-refractivity contribution in [1.29, 1.82) is 0 Å². The number of nitrogens with one attached hydrogen (secondary N) is 2. The minimum Gasteiger partial charge on any atom is -0.493 e. The average molecular weight is 248 g/mol. The topological polar surface area (TPSA) is 50.4 Å². The van der Waals surface area contributed by atoms with Crippen LogP contribution in [0.1, 0.15) is 19.3 Å². The second-order valence-electron chi connectivity index (χ2n) is 4.68. The van der Waals surface area contributed by atoms with Crippen LogP contribution in [0.25, 0.3) is 0 Å². The fourth-order valence-corrected chi connectivity index (χ4v) is 1.60. The average Bonchev–Trinajstić information content (AvgIpc) is 3.20. The van der Waals surface area contributed by atoms with E-state index in [1.165, 1.54) is 12.8 Å². The lowest BCUT2D eigenvalue weighted by Crippen LogP contribution is -2.18. The number of hydrogen-bond acceptors (Lipinski definition) is 3. The summed E-state index contributed by atoms with van der Waals surface area (Å²) in [5.74, 6) is 1.65. The van der Waals surface area contributed by atoms with Crippen LogP contribution in [0.3, 0.4) is 0 Å². The number of rotatable bonds is 7. The van der Waals surface area contributed by atoms with Crippen molar-refractivity contribution in [2.45, 2.75) is 19.3 Å². The van der Waals surface area contributed by atoms with Crippen LogP contribution in [0.4, 0.5) is 5.69 Å². The first-order valence-electron chi connectivity index (χ1n) is 6.45. The highest BCUT2D eigenvalue weighted by atomic mass is 16.5. The van der Waals surface area contributed by atoms with Gasteiger partial charge in [-0.1, -0.05) is 0 Å². The Balaban J connectivity index is 1.77. The van der Waals surface area contributed by atoms with Crippen molar-refractivity contribution in [2.24, 2.45) is 5.92 Å². The Morgan fingerprint density at radius 1 is 1.33 bits per heavy atom. The minimum absolute atomic E-state index is 0.0241. The van der Waals surface area contributed by atoms with Crippen molar-refractivity contribution >= 4 is 11.6 Å². The summed E-state index contributed by atoms with van der Waals surface area (Å²) < 4.78 is 5.63. The molecule has 0 unspecified atom stereocenters. The van der Waals surface area contributed by atoms with E-state index in [2.05, 4.69) is 10.6 Å². The number of anilines is 1. The summed E-state index contributed by atoms with van der Waals surface area (Å²) >= 11 is 0. The van der Waals surface area contributed by atoms with Gasteiger partial charge >= 0.3 is 0 Å². The SMILES string of the molecule is CNCCC(=O)Nc1ccc(OCC2CC2)cc1. The summed E-state index contributed by atoms with van der Waals surface area (Å²) in [4.78, 5) is 11.5. The maximum Gasteiger partial charge on any atom is 0.225 e. The highest BCUT2D eigenvalue weighted by Gasteiger charge is 2.21. The number of benzene rings is 1. The van der Waals surface area contributed by atoms with Crippen LogP contribution in [-0.2, 0) is 4.79 Å². The summed E-state index contributed by atoms with van der Waals surface area (Å²) in [6.45, 7) is 1.50. The van der Waals surface area contributed by atoms with Crippen molar-refractivity contribution in [1.82, 2.24) is 5.32 Å². The van der Waals surface area contributed by atoms with E-state index < -0.39 is 0 Å².